The molecule has 7 nitrogen and oxygen atoms in total. The van der Waals surface area contributed by atoms with Crippen LogP contribution in [0.2, 0.25) is 0 Å². The zero-order chi connectivity index (χ0) is 9.84. The number of rotatable bonds is 3. The highest BCUT2D eigenvalue weighted by molar-refractivity contribution is 5.55. The minimum Gasteiger partial charge on any atom is -0.384 e. The van der Waals surface area contributed by atoms with Crippen LogP contribution in [0, 0.1) is 0 Å². The number of aliphatic hydroxyl groups excluding tert-OH is 1. The standard InChI is InChI=1S/C6H7N3O4/c10-2-4(11)1-9-6(13)5(12)7-3-8-9/h2-4,11H,1H2,(H,7,8,12). The Morgan fingerprint density at radius 1 is 1.69 bits per heavy atom. The zero-order valence-corrected chi connectivity index (χ0v) is 6.51. The molecule has 1 aromatic heterocycles. The first-order valence-corrected chi connectivity index (χ1v) is 3.43. The molecule has 0 spiro atoms. The molecule has 1 aromatic rings. The summed E-state index contributed by atoms with van der Waals surface area (Å²) in [5.74, 6) is 0. The maximum Gasteiger partial charge on any atom is 0.332 e. The van der Waals surface area contributed by atoms with Gasteiger partial charge in [0.2, 0.25) is 0 Å². The number of carbonyl (C=O) groups excluding carboxylic acids is 1. The van der Waals surface area contributed by atoms with Crippen LogP contribution < -0.4 is 11.1 Å². The Morgan fingerprint density at radius 3 is 3.00 bits per heavy atom. The Balaban J connectivity index is 3.03. The van der Waals surface area contributed by atoms with Gasteiger partial charge in [-0.3, -0.25) is 9.59 Å². The average molecular weight is 185 g/mol. The van der Waals surface area contributed by atoms with E-state index in [1.807, 2.05) is 0 Å². The summed E-state index contributed by atoms with van der Waals surface area (Å²) in [4.78, 5) is 33.7. The molecule has 0 radical (unpaired) electrons. The Labute approximate surface area is 71.6 Å². The molecule has 0 amide bonds. The molecule has 70 valence electrons. The third kappa shape index (κ3) is 2.09. The number of aromatic nitrogens is 3. The first-order chi connectivity index (χ1) is 6.15. The van der Waals surface area contributed by atoms with Crippen LogP contribution in [0.1, 0.15) is 0 Å². The maximum absolute atomic E-state index is 10.9. The molecule has 0 aliphatic heterocycles. The number of aromatic amines is 1. The molecule has 0 bridgehead atoms. The van der Waals surface area contributed by atoms with E-state index in [1.165, 1.54) is 0 Å². The van der Waals surface area contributed by atoms with Crippen LogP contribution >= 0.6 is 0 Å². The highest BCUT2D eigenvalue weighted by atomic mass is 16.3. The van der Waals surface area contributed by atoms with Crippen molar-refractivity contribution in [2.24, 2.45) is 0 Å². The smallest absolute Gasteiger partial charge is 0.332 e. The minimum absolute atomic E-state index is 0.259. The van der Waals surface area contributed by atoms with Crippen molar-refractivity contribution in [3.63, 3.8) is 0 Å². The van der Waals surface area contributed by atoms with E-state index < -0.39 is 17.2 Å². The molecule has 0 aliphatic rings. The summed E-state index contributed by atoms with van der Waals surface area (Å²) in [5.41, 5.74) is -1.74. The number of hydrogen-bond donors (Lipinski definition) is 2. The molecule has 0 saturated carbocycles. The van der Waals surface area contributed by atoms with Crippen LogP contribution in [0.15, 0.2) is 15.9 Å². The van der Waals surface area contributed by atoms with Crippen molar-refractivity contribution in [2.45, 2.75) is 12.6 Å². The summed E-state index contributed by atoms with van der Waals surface area (Å²) in [6.07, 6.45) is -0.0525. The Kier molecular flexibility index (Phi) is 2.70. The van der Waals surface area contributed by atoms with Gasteiger partial charge >= 0.3 is 11.1 Å². The van der Waals surface area contributed by atoms with E-state index in [2.05, 4.69) is 10.1 Å². The number of hydrogen-bond acceptors (Lipinski definition) is 5. The molecule has 1 rings (SSSR count). The van der Waals surface area contributed by atoms with Gasteiger partial charge in [0, 0.05) is 0 Å². The summed E-state index contributed by atoms with van der Waals surface area (Å²) < 4.78 is 0.720. The van der Waals surface area contributed by atoms with Crippen LogP contribution in [0.5, 0.6) is 0 Å². The molecule has 2 N–H and O–H groups in total. The van der Waals surface area contributed by atoms with Gasteiger partial charge in [0.05, 0.1) is 6.54 Å². The number of aliphatic hydroxyl groups is 1. The lowest BCUT2D eigenvalue weighted by molar-refractivity contribution is -0.115. The second kappa shape index (κ2) is 3.76. The summed E-state index contributed by atoms with van der Waals surface area (Å²) >= 11 is 0. The molecular weight excluding hydrogens is 178 g/mol. The SMILES string of the molecule is O=CC(O)Cn1nc[nH]c(=O)c1=O. The molecule has 0 saturated heterocycles. The number of nitrogens with zero attached hydrogens (tertiary/aromatic N) is 2. The molecule has 1 heterocycles. The van der Waals surface area contributed by atoms with Gasteiger partial charge in [-0.1, -0.05) is 0 Å². The lowest BCUT2D eigenvalue weighted by atomic mass is 10.4. The average Bonchev–Trinajstić information content (AvgIpc) is 2.13. The van der Waals surface area contributed by atoms with Gasteiger partial charge in [-0.15, -0.1) is 0 Å². The quantitative estimate of drug-likeness (QED) is 0.399. The third-order valence-electron chi connectivity index (χ3n) is 1.34. The van der Waals surface area contributed by atoms with Crippen LogP contribution in [0.4, 0.5) is 0 Å². The normalized spacial score (nSPS) is 12.4. The van der Waals surface area contributed by atoms with Crippen LogP contribution in [-0.2, 0) is 11.3 Å². The van der Waals surface area contributed by atoms with Gasteiger partial charge in [0.15, 0.2) is 0 Å². The van der Waals surface area contributed by atoms with Gasteiger partial charge in [0.1, 0.15) is 18.7 Å². The van der Waals surface area contributed by atoms with E-state index >= 15 is 0 Å². The van der Waals surface area contributed by atoms with Gasteiger partial charge in [-0.25, -0.2) is 4.68 Å². The largest absolute Gasteiger partial charge is 0.384 e. The summed E-state index contributed by atoms with van der Waals surface area (Å²) in [6, 6.07) is 0. The van der Waals surface area contributed by atoms with Gasteiger partial charge in [-0.2, -0.15) is 5.10 Å². The van der Waals surface area contributed by atoms with Crippen molar-refractivity contribution in [1.29, 1.82) is 0 Å². The lowest BCUT2D eigenvalue weighted by Crippen LogP contribution is -2.39. The molecule has 7 heteroatoms. The van der Waals surface area contributed by atoms with E-state index in [4.69, 9.17) is 5.11 Å². The minimum atomic E-state index is -1.33. The predicted molar refractivity (Wildman–Crippen MR) is 41.2 cm³/mol. The van der Waals surface area contributed by atoms with E-state index in [0.717, 1.165) is 11.0 Å². The number of nitrogens with one attached hydrogen (secondary N) is 1. The summed E-state index contributed by atoms with van der Waals surface area (Å²) in [7, 11) is 0. The summed E-state index contributed by atoms with van der Waals surface area (Å²) in [5, 5.41) is 12.3. The fourth-order valence-corrected chi connectivity index (χ4v) is 0.739. The van der Waals surface area contributed by atoms with Crippen molar-refractivity contribution in [1.82, 2.24) is 14.8 Å². The Bertz CT molecular complexity index is 407. The number of H-pyrrole nitrogens is 1. The molecule has 13 heavy (non-hydrogen) atoms. The third-order valence-corrected chi connectivity index (χ3v) is 1.34. The molecule has 1 unspecified atom stereocenters. The second-order valence-electron chi connectivity index (χ2n) is 2.31. The van der Waals surface area contributed by atoms with Crippen molar-refractivity contribution in [3.8, 4) is 0 Å². The van der Waals surface area contributed by atoms with Crippen molar-refractivity contribution >= 4 is 6.29 Å². The highest BCUT2D eigenvalue weighted by Crippen LogP contribution is 1.79. The number of carbonyl (C=O) groups is 1. The van der Waals surface area contributed by atoms with Gasteiger partial charge in [-0.05, 0) is 0 Å². The van der Waals surface area contributed by atoms with Gasteiger partial charge in [0.25, 0.3) is 0 Å². The van der Waals surface area contributed by atoms with Crippen molar-refractivity contribution in [2.75, 3.05) is 0 Å². The maximum atomic E-state index is 10.9. The summed E-state index contributed by atoms with van der Waals surface area (Å²) in [6.45, 7) is -0.313. The lowest BCUT2D eigenvalue weighted by Gasteiger charge is -2.02. The number of aldehydes is 1. The first-order valence-electron chi connectivity index (χ1n) is 3.43. The highest BCUT2D eigenvalue weighted by Gasteiger charge is 2.06. The fourth-order valence-electron chi connectivity index (χ4n) is 0.739. The second-order valence-corrected chi connectivity index (χ2v) is 2.31. The first kappa shape index (κ1) is 9.33. The van der Waals surface area contributed by atoms with Crippen LogP contribution in [0.25, 0.3) is 0 Å². The molecule has 0 aliphatic carbocycles. The predicted octanol–water partition coefficient (Wildman–Crippen LogP) is -2.51. The van der Waals surface area contributed by atoms with Crippen LogP contribution in [-0.4, -0.2) is 32.3 Å². The van der Waals surface area contributed by atoms with Crippen LogP contribution in [0.3, 0.4) is 0 Å². The molecular formula is C6H7N3O4. The molecule has 1 atom stereocenters. The molecule has 0 aromatic carbocycles. The van der Waals surface area contributed by atoms with Crippen molar-refractivity contribution < 1.29 is 9.90 Å². The zero-order valence-electron chi connectivity index (χ0n) is 6.51. The van der Waals surface area contributed by atoms with Crippen molar-refractivity contribution in [3.05, 3.63) is 27.0 Å². The monoisotopic (exact) mass is 185 g/mol. The Hall–Kier alpha value is -1.76. The van der Waals surface area contributed by atoms with E-state index in [9.17, 15) is 14.4 Å². The Morgan fingerprint density at radius 2 is 2.38 bits per heavy atom. The van der Waals surface area contributed by atoms with E-state index in [-0.39, 0.29) is 12.8 Å². The fraction of sp³-hybridized carbons (Fsp3) is 0.333. The van der Waals surface area contributed by atoms with Gasteiger partial charge < -0.3 is 14.9 Å². The van der Waals surface area contributed by atoms with E-state index in [0.29, 0.717) is 0 Å². The topological polar surface area (TPSA) is 105 Å². The molecule has 0 fully saturated rings. The van der Waals surface area contributed by atoms with E-state index in [1.54, 1.807) is 0 Å².